The van der Waals surface area contributed by atoms with Crippen molar-refractivity contribution in [1.29, 1.82) is 0 Å². The van der Waals surface area contributed by atoms with E-state index in [-0.39, 0.29) is 23.7 Å². The van der Waals surface area contributed by atoms with Gasteiger partial charge >= 0.3 is 11.8 Å². The number of carbonyl (C=O) groups is 3. The normalized spacial score (nSPS) is 9.86. The molecule has 0 aliphatic rings. The maximum Gasteiger partial charge on any atom is 0.313 e. The fraction of sp³-hybridized carbons (Fsp3) is 0.133. The third-order valence-electron chi connectivity index (χ3n) is 2.86. The van der Waals surface area contributed by atoms with Gasteiger partial charge in [0.2, 0.25) is 0 Å². The van der Waals surface area contributed by atoms with Crippen LogP contribution in [0.4, 0.5) is 5.69 Å². The summed E-state index contributed by atoms with van der Waals surface area (Å²) in [5.41, 5.74) is 0.513. The molecule has 3 amide bonds. The highest BCUT2D eigenvalue weighted by molar-refractivity contribution is 6.39. The summed E-state index contributed by atoms with van der Waals surface area (Å²) in [6.07, 6.45) is 1.51. The summed E-state index contributed by atoms with van der Waals surface area (Å²) in [7, 11) is 1.35. The van der Waals surface area contributed by atoms with Gasteiger partial charge in [0.25, 0.3) is 5.91 Å². The van der Waals surface area contributed by atoms with E-state index in [4.69, 9.17) is 4.42 Å². The quantitative estimate of drug-likeness (QED) is 0.730. The van der Waals surface area contributed by atoms with E-state index >= 15 is 0 Å². The zero-order chi connectivity index (χ0) is 15.9. The molecule has 0 unspecified atom stereocenters. The van der Waals surface area contributed by atoms with Crippen molar-refractivity contribution in [3.05, 3.63) is 54.0 Å². The third-order valence-corrected chi connectivity index (χ3v) is 2.86. The molecule has 0 atom stereocenters. The highest BCUT2D eigenvalue weighted by atomic mass is 16.3. The lowest BCUT2D eigenvalue weighted by atomic mass is 10.1. The number of anilines is 1. The molecular weight excluding hydrogens is 286 g/mol. The highest BCUT2D eigenvalue weighted by Gasteiger charge is 2.16. The first-order valence-corrected chi connectivity index (χ1v) is 6.54. The van der Waals surface area contributed by atoms with E-state index < -0.39 is 11.8 Å². The van der Waals surface area contributed by atoms with Gasteiger partial charge in [-0.15, -0.1) is 0 Å². The second-order valence-corrected chi connectivity index (χ2v) is 4.34. The number of rotatable bonds is 4. The van der Waals surface area contributed by atoms with E-state index in [1.165, 1.54) is 13.3 Å². The van der Waals surface area contributed by atoms with E-state index in [0.29, 0.717) is 5.76 Å². The van der Waals surface area contributed by atoms with Gasteiger partial charge in [-0.25, -0.2) is 0 Å². The Kier molecular flexibility index (Phi) is 4.92. The minimum Gasteiger partial charge on any atom is -0.467 e. The molecule has 114 valence electrons. The first kappa shape index (κ1) is 15.3. The monoisotopic (exact) mass is 301 g/mol. The minimum atomic E-state index is -0.839. The standard InChI is InChI=1S/C15H15N3O4/c1-16-14(20)15(21)18-12-7-3-2-6-11(12)13(19)17-9-10-5-4-8-22-10/h2-8H,9H2,1H3,(H,16,20)(H,17,19)(H,18,21). The molecule has 7 nitrogen and oxygen atoms in total. The minimum absolute atomic E-state index is 0.226. The Hall–Kier alpha value is -3.09. The smallest absolute Gasteiger partial charge is 0.313 e. The van der Waals surface area contributed by atoms with Gasteiger partial charge in [0, 0.05) is 7.05 Å². The number of nitrogens with one attached hydrogen (secondary N) is 3. The SMILES string of the molecule is CNC(=O)C(=O)Nc1ccccc1C(=O)NCc1ccco1. The van der Waals surface area contributed by atoms with Gasteiger partial charge in [-0.05, 0) is 24.3 Å². The van der Waals surface area contributed by atoms with Crippen LogP contribution in [-0.4, -0.2) is 24.8 Å². The summed E-state index contributed by atoms with van der Waals surface area (Å²) in [5.74, 6) is -1.40. The van der Waals surface area contributed by atoms with Crippen molar-refractivity contribution >= 4 is 23.4 Å². The molecule has 0 radical (unpaired) electrons. The number of likely N-dealkylation sites (N-methyl/N-ethyl adjacent to an activating group) is 1. The summed E-state index contributed by atoms with van der Waals surface area (Å²) < 4.78 is 5.12. The zero-order valence-electron chi connectivity index (χ0n) is 11.9. The van der Waals surface area contributed by atoms with Gasteiger partial charge in [-0.3, -0.25) is 14.4 Å². The molecule has 1 heterocycles. The van der Waals surface area contributed by atoms with Crippen LogP contribution in [0.3, 0.4) is 0 Å². The van der Waals surface area contributed by atoms with Crippen molar-refractivity contribution in [2.75, 3.05) is 12.4 Å². The molecule has 2 aromatic rings. The Labute approximate surface area is 126 Å². The van der Waals surface area contributed by atoms with Crippen LogP contribution in [0.2, 0.25) is 0 Å². The molecule has 0 saturated heterocycles. The molecule has 0 aliphatic carbocycles. The Bertz CT molecular complexity index is 680. The van der Waals surface area contributed by atoms with Crippen LogP contribution < -0.4 is 16.0 Å². The lowest BCUT2D eigenvalue weighted by Crippen LogP contribution is -2.33. The van der Waals surface area contributed by atoms with Crippen LogP contribution in [-0.2, 0) is 16.1 Å². The van der Waals surface area contributed by atoms with Gasteiger partial charge in [0.1, 0.15) is 5.76 Å². The maximum absolute atomic E-state index is 12.2. The van der Waals surface area contributed by atoms with E-state index in [1.807, 2.05) is 0 Å². The Morgan fingerprint density at radius 3 is 2.50 bits per heavy atom. The summed E-state index contributed by atoms with van der Waals surface area (Å²) in [5, 5.41) is 7.29. The van der Waals surface area contributed by atoms with Crippen molar-refractivity contribution in [3.8, 4) is 0 Å². The highest BCUT2D eigenvalue weighted by Crippen LogP contribution is 2.15. The largest absolute Gasteiger partial charge is 0.467 e. The fourth-order valence-electron chi connectivity index (χ4n) is 1.76. The number of benzene rings is 1. The molecule has 0 spiro atoms. The van der Waals surface area contributed by atoms with Crippen molar-refractivity contribution in [2.24, 2.45) is 0 Å². The zero-order valence-corrected chi connectivity index (χ0v) is 11.9. The van der Waals surface area contributed by atoms with E-state index in [1.54, 1.807) is 36.4 Å². The van der Waals surface area contributed by atoms with Crippen molar-refractivity contribution in [2.45, 2.75) is 6.54 Å². The van der Waals surface area contributed by atoms with Gasteiger partial charge in [0.05, 0.1) is 24.1 Å². The fourth-order valence-corrected chi connectivity index (χ4v) is 1.76. The number of hydrogen-bond acceptors (Lipinski definition) is 4. The van der Waals surface area contributed by atoms with Gasteiger partial charge < -0.3 is 20.4 Å². The Balaban J connectivity index is 2.08. The molecule has 2 rings (SSSR count). The van der Waals surface area contributed by atoms with Crippen molar-refractivity contribution < 1.29 is 18.8 Å². The van der Waals surface area contributed by atoms with Crippen LogP contribution in [0, 0.1) is 0 Å². The molecular formula is C15H15N3O4. The van der Waals surface area contributed by atoms with Crippen molar-refractivity contribution in [3.63, 3.8) is 0 Å². The average molecular weight is 301 g/mol. The molecule has 7 heteroatoms. The second-order valence-electron chi connectivity index (χ2n) is 4.34. The second kappa shape index (κ2) is 7.07. The summed E-state index contributed by atoms with van der Waals surface area (Å²) in [4.78, 5) is 35.0. The van der Waals surface area contributed by atoms with Gasteiger partial charge in [0.15, 0.2) is 0 Å². The Morgan fingerprint density at radius 2 is 1.82 bits per heavy atom. The maximum atomic E-state index is 12.2. The van der Waals surface area contributed by atoms with Crippen LogP contribution in [0.15, 0.2) is 47.1 Å². The predicted octanol–water partition coefficient (Wildman–Crippen LogP) is 0.894. The molecule has 22 heavy (non-hydrogen) atoms. The number of para-hydroxylation sites is 1. The average Bonchev–Trinajstić information content (AvgIpc) is 3.05. The molecule has 1 aromatic carbocycles. The summed E-state index contributed by atoms with van der Waals surface area (Å²) in [6, 6.07) is 9.87. The van der Waals surface area contributed by atoms with E-state index in [0.717, 1.165) is 0 Å². The van der Waals surface area contributed by atoms with Gasteiger partial charge in [-0.1, -0.05) is 12.1 Å². The first-order valence-electron chi connectivity index (χ1n) is 6.54. The van der Waals surface area contributed by atoms with Crippen molar-refractivity contribution in [1.82, 2.24) is 10.6 Å². The molecule has 0 aliphatic heterocycles. The molecule has 0 bridgehead atoms. The Morgan fingerprint density at radius 1 is 1.05 bits per heavy atom. The number of carbonyl (C=O) groups excluding carboxylic acids is 3. The lowest BCUT2D eigenvalue weighted by molar-refractivity contribution is -0.135. The van der Waals surface area contributed by atoms with Crippen LogP contribution in [0.25, 0.3) is 0 Å². The first-order chi connectivity index (χ1) is 10.6. The molecule has 1 aromatic heterocycles. The van der Waals surface area contributed by atoms with Gasteiger partial charge in [-0.2, -0.15) is 0 Å². The van der Waals surface area contributed by atoms with E-state index in [2.05, 4.69) is 16.0 Å². The topological polar surface area (TPSA) is 100 Å². The predicted molar refractivity (Wildman–Crippen MR) is 79.0 cm³/mol. The van der Waals surface area contributed by atoms with Crippen LogP contribution >= 0.6 is 0 Å². The van der Waals surface area contributed by atoms with E-state index in [9.17, 15) is 14.4 Å². The number of amides is 3. The third kappa shape index (κ3) is 3.72. The summed E-state index contributed by atoms with van der Waals surface area (Å²) in [6.45, 7) is 0.226. The van der Waals surface area contributed by atoms with Crippen LogP contribution in [0.1, 0.15) is 16.1 Å². The molecule has 3 N–H and O–H groups in total. The summed E-state index contributed by atoms with van der Waals surface area (Å²) >= 11 is 0. The molecule has 0 saturated carbocycles. The van der Waals surface area contributed by atoms with Crippen LogP contribution in [0.5, 0.6) is 0 Å². The lowest BCUT2D eigenvalue weighted by Gasteiger charge is -2.10. The number of furan rings is 1. The number of hydrogen-bond donors (Lipinski definition) is 3. The molecule has 0 fully saturated rings.